The molecular formula is C14H24N2O2S. The molecule has 0 aliphatic rings. The van der Waals surface area contributed by atoms with Gasteiger partial charge in [0, 0.05) is 18.0 Å². The van der Waals surface area contributed by atoms with Crippen molar-refractivity contribution in [2.24, 2.45) is 5.92 Å². The Hall–Kier alpha value is -1.10. The van der Waals surface area contributed by atoms with Crippen LogP contribution in [0, 0.1) is 19.8 Å². The molecule has 0 spiro atoms. The minimum absolute atomic E-state index is 0.369. The molecule has 1 atom stereocenters. The van der Waals surface area contributed by atoms with E-state index in [0.29, 0.717) is 6.54 Å². The first-order chi connectivity index (χ1) is 8.95. The van der Waals surface area contributed by atoms with Gasteiger partial charge >= 0.3 is 5.97 Å². The maximum Gasteiger partial charge on any atom is 0.308 e. The van der Waals surface area contributed by atoms with Gasteiger partial charge in [-0.1, -0.05) is 26.7 Å². The van der Waals surface area contributed by atoms with Crippen molar-refractivity contribution in [3.63, 3.8) is 0 Å². The molecule has 0 fully saturated rings. The standard InChI is InChI=1S/C14H24N2O2S/c1-5-6-7-8-16(9-10(2)13(17)18)14-15-11(3)12(4)19-14/h10H,5-9H2,1-4H3,(H,17,18). The minimum atomic E-state index is -0.745. The second-order valence-corrected chi connectivity index (χ2v) is 6.21. The molecule has 0 aromatic carbocycles. The van der Waals surface area contributed by atoms with Crippen molar-refractivity contribution in [3.05, 3.63) is 10.6 Å². The molecule has 1 unspecified atom stereocenters. The predicted octanol–water partition coefficient (Wildman–Crippen LogP) is 3.48. The van der Waals surface area contributed by atoms with Crippen LogP contribution >= 0.6 is 11.3 Å². The number of carboxylic acids is 1. The van der Waals surface area contributed by atoms with Gasteiger partial charge < -0.3 is 10.0 Å². The molecule has 1 heterocycles. The van der Waals surface area contributed by atoms with Crippen LogP contribution in [0.2, 0.25) is 0 Å². The Labute approximate surface area is 119 Å². The van der Waals surface area contributed by atoms with Crippen LogP contribution in [0.15, 0.2) is 0 Å². The summed E-state index contributed by atoms with van der Waals surface area (Å²) in [5.41, 5.74) is 1.04. The number of carboxylic acid groups (broad SMARTS) is 1. The van der Waals surface area contributed by atoms with E-state index in [1.54, 1.807) is 18.3 Å². The number of aliphatic carboxylic acids is 1. The smallest absolute Gasteiger partial charge is 0.308 e. The van der Waals surface area contributed by atoms with Crippen molar-refractivity contribution < 1.29 is 9.90 Å². The third-order valence-corrected chi connectivity index (χ3v) is 4.37. The third-order valence-electron chi connectivity index (χ3n) is 3.24. The van der Waals surface area contributed by atoms with E-state index in [0.717, 1.165) is 30.2 Å². The van der Waals surface area contributed by atoms with E-state index in [-0.39, 0.29) is 5.92 Å². The fourth-order valence-corrected chi connectivity index (χ4v) is 2.76. The van der Waals surface area contributed by atoms with Gasteiger partial charge in [0.2, 0.25) is 0 Å². The van der Waals surface area contributed by atoms with Gasteiger partial charge in [-0.15, -0.1) is 11.3 Å². The number of unbranched alkanes of at least 4 members (excludes halogenated alkanes) is 2. The Morgan fingerprint density at radius 3 is 2.58 bits per heavy atom. The number of aromatic nitrogens is 1. The molecule has 1 rings (SSSR count). The molecular weight excluding hydrogens is 260 g/mol. The highest BCUT2D eigenvalue weighted by Crippen LogP contribution is 2.26. The summed E-state index contributed by atoms with van der Waals surface area (Å²) in [4.78, 5) is 18.9. The first-order valence-electron chi connectivity index (χ1n) is 6.87. The highest BCUT2D eigenvalue weighted by molar-refractivity contribution is 7.15. The van der Waals surface area contributed by atoms with E-state index in [9.17, 15) is 4.79 Å². The van der Waals surface area contributed by atoms with E-state index >= 15 is 0 Å². The molecule has 0 saturated heterocycles. The summed E-state index contributed by atoms with van der Waals surface area (Å²) in [5, 5.41) is 10.0. The second kappa shape index (κ2) is 7.48. The lowest BCUT2D eigenvalue weighted by Crippen LogP contribution is -2.32. The lowest BCUT2D eigenvalue weighted by molar-refractivity contribution is -0.140. The molecule has 4 nitrogen and oxygen atoms in total. The van der Waals surface area contributed by atoms with Crippen molar-refractivity contribution >= 4 is 22.4 Å². The molecule has 0 radical (unpaired) electrons. The van der Waals surface area contributed by atoms with E-state index in [1.807, 2.05) is 6.92 Å². The van der Waals surface area contributed by atoms with Crippen molar-refractivity contribution in [2.45, 2.75) is 47.0 Å². The molecule has 108 valence electrons. The number of carbonyl (C=O) groups is 1. The number of hydrogen-bond acceptors (Lipinski definition) is 4. The summed E-state index contributed by atoms with van der Waals surface area (Å²) in [6, 6.07) is 0. The SMILES string of the molecule is CCCCCN(CC(C)C(=O)O)c1nc(C)c(C)s1. The van der Waals surface area contributed by atoms with Crippen LogP contribution in [-0.2, 0) is 4.79 Å². The predicted molar refractivity (Wildman–Crippen MR) is 80.1 cm³/mol. The first-order valence-corrected chi connectivity index (χ1v) is 7.69. The van der Waals surface area contributed by atoms with Crippen molar-refractivity contribution in [3.8, 4) is 0 Å². The van der Waals surface area contributed by atoms with Crippen LogP contribution in [0.1, 0.15) is 43.7 Å². The van der Waals surface area contributed by atoms with Gasteiger partial charge in [0.25, 0.3) is 0 Å². The lowest BCUT2D eigenvalue weighted by atomic mass is 10.1. The van der Waals surface area contributed by atoms with Crippen LogP contribution < -0.4 is 4.90 Å². The summed E-state index contributed by atoms with van der Waals surface area (Å²) in [6.45, 7) is 9.40. The van der Waals surface area contributed by atoms with Gasteiger partial charge in [-0.25, -0.2) is 4.98 Å². The topological polar surface area (TPSA) is 53.4 Å². The van der Waals surface area contributed by atoms with Gasteiger partial charge in [-0.2, -0.15) is 0 Å². The number of nitrogens with zero attached hydrogens (tertiary/aromatic N) is 2. The Bertz CT molecular complexity index is 398. The van der Waals surface area contributed by atoms with Crippen molar-refractivity contribution in [2.75, 3.05) is 18.0 Å². The van der Waals surface area contributed by atoms with Crippen LogP contribution in [-0.4, -0.2) is 29.1 Å². The molecule has 5 heteroatoms. The Morgan fingerprint density at radius 2 is 2.11 bits per heavy atom. The van der Waals surface area contributed by atoms with E-state index < -0.39 is 5.97 Å². The number of rotatable bonds is 8. The van der Waals surface area contributed by atoms with Gasteiger partial charge in [-0.3, -0.25) is 4.79 Å². The highest BCUT2D eigenvalue weighted by Gasteiger charge is 2.19. The fourth-order valence-electron chi connectivity index (χ4n) is 1.82. The van der Waals surface area contributed by atoms with Crippen molar-refractivity contribution in [1.82, 2.24) is 4.98 Å². The van der Waals surface area contributed by atoms with Crippen molar-refractivity contribution in [1.29, 1.82) is 0 Å². The average molecular weight is 284 g/mol. The van der Waals surface area contributed by atoms with Gasteiger partial charge in [-0.05, 0) is 20.3 Å². The van der Waals surface area contributed by atoms with Crippen LogP contribution in [0.5, 0.6) is 0 Å². The maximum atomic E-state index is 11.0. The third kappa shape index (κ3) is 4.82. The zero-order valence-corrected chi connectivity index (χ0v) is 13.1. The molecule has 0 aliphatic heterocycles. The lowest BCUT2D eigenvalue weighted by Gasteiger charge is -2.23. The zero-order valence-electron chi connectivity index (χ0n) is 12.3. The highest BCUT2D eigenvalue weighted by atomic mass is 32.1. The normalized spacial score (nSPS) is 12.4. The summed E-state index contributed by atoms with van der Waals surface area (Å²) in [7, 11) is 0. The number of hydrogen-bond donors (Lipinski definition) is 1. The molecule has 0 bridgehead atoms. The van der Waals surface area contributed by atoms with Crippen LogP contribution in [0.25, 0.3) is 0 Å². The fraction of sp³-hybridized carbons (Fsp3) is 0.714. The van der Waals surface area contributed by atoms with Crippen LogP contribution in [0.3, 0.4) is 0 Å². The average Bonchev–Trinajstić information content (AvgIpc) is 2.68. The number of thiazole rings is 1. The zero-order chi connectivity index (χ0) is 14.4. The Kier molecular flexibility index (Phi) is 6.28. The monoisotopic (exact) mass is 284 g/mol. The molecule has 1 aromatic rings. The quantitative estimate of drug-likeness (QED) is 0.743. The van der Waals surface area contributed by atoms with Gasteiger partial charge in [0.1, 0.15) is 0 Å². The molecule has 0 amide bonds. The molecule has 19 heavy (non-hydrogen) atoms. The minimum Gasteiger partial charge on any atom is -0.481 e. The van der Waals surface area contributed by atoms with Gasteiger partial charge in [0.05, 0.1) is 11.6 Å². The maximum absolute atomic E-state index is 11.0. The van der Waals surface area contributed by atoms with E-state index in [4.69, 9.17) is 5.11 Å². The largest absolute Gasteiger partial charge is 0.481 e. The molecule has 0 aliphatic carbocycles. The Balaban J connectivity index is 2.76. The summed E-state index contributed by atoms with van der Waals surface area (Å²) >= 11 is 1.66. The molecule has 0 saturated carbocycles. The van der Waals surface area contributed by atoms with Crippen LogP contribution in [0.4, 0.5) is 5.13 Å². The number of anilines is 1. The molecule has 1 aromatic heterocycles. The second-order valence-electron chi connectivity index (χ2n) is 5.03. The summed E-state index contributed by atoms with van der Waals surface area (Å²) in [5.74, 6) is -1.11. The summed E-state index contributed by atoms with van der Waals surface area (Å²) in [6.07, 6.45) is 3.42. The van der Waals surface area contributed by atoms with E-state index in [1.165, 1.54) is 11.3 Å². The Morgan fingerprint density at radius 1 is 1.42 bits per heavy atom. The van der Waals surface area contributed by atoms with Gasteiger partial charge in [0.15, 0.2) is 5.13 Å². The summed E-state index contributed by atoms with van der Waals surface area (Å²) < 4.78 is 0. The first kappa shape index (κ1) is 16.0. The number of aryl methyl sites for hydroxylation is 2. The van der Waals surface area contributed by atoms with E-state index in [2.05, 4.69) is 23.7 Å². The molecule has 1 N–H and O–H groups in total.